The molecule has 1 aliphatic heterocycles. The number of hydrogen-bond donors (Lipinski definition) is 1. The minimum atomic E-state index is -0.728. The standard InChI is InChI=1S/C15H13BrN4O3/c16-13-3-1-2-9-4-5-19(8-12(9)13)15-11(14(17)21)6-10(7-18-15)20(22)23/h1-3,6-7H,4-5,8H2,(H2,17,21). The van der Waals surface area contributed by atoms with Gasteiger partial charge in [-0.25, -0.2) is 4.98 Å². The molecule has 2 N–H and O–H groups in total. The Kier molecular flexibility index (Phi) is 3.99. The number of anilines is 1. The number of nitro groups is 1. The molecule has 1 aromatic heterocycles. The fraction of sp³-hybridized carbons (Fsp3) is 0.200. The molecule has 0 atom stereocenters. The highest BCUT2D eigenvalue weighted by atomic mass is 79.9. The molecule has 0 fully saturated rings. The lowest BCUT2D eigenvalue weighted by Crippen LogP contribution is -2.33. The van der Waals surface area contributed by atoms with Crippen LogP contribution in [0.2, 0.25) is 0 Å². The molecule has 7 nitrogen and oxygen atoms in total. The molecule has 0 bridgehead atoms. The van der Waals surface area contributed by atoms with Crippen LogP contribution in [-0.2, 0) is 13.0 Å². The van der Waals surface area contributed by atoms with Crippen LogP contribution in [0, 0.1) is 10.1 Å². The van der Waals surface area contributed by atoms with Gasteiger partial charge < -0.3 is 10.6 Å². The summed E-state index contributed by atoms with van der Waals surface area (Å²) in [7, 11) is 0. The van der Waals surface area contributed by atoms with Crippen molar-refractivity contribution >= 4 is 33.3 Å². The van der Waals surface area contributed by atoms with Gasteiger partial charge in [-0.1, -0.05) is 28.1 Å². The highest BCUT2D eigenvalue weighted by Crippen LogP contribution is 2.31. The maximum Gasteiger partial charge on any atom is 0.288 e. The van der Waals surface area contributed by atoms with Gasteiger partial charge in [0.25, 0.3) is 11.6 Å². The number of carbonyl (C=O) groups excluding carboxylic acids is 1. The summed E-state index contributed by atoms with van der Waals surface area (Å²) in [5.74, 6) is -0.348. The number of pyridine rings is 1. The number of hydrogen-bond acceptors (Lipinski definition) is 5. The third kappa shape index (κ3) is 2.89. The van der Waals surface area contributed by atoms with Gasteiger partial charge >= 0.3 is 0 Å². The summed E-state index contributed by atoms with van der Waals surface area (Å²) < 4.78 is 0.988. The largest absolute Gasteiger partial charge is 0.365 e. The molecule has 2 aromatic rings. The van der Waals surface area contributed by atoms with E-state index in [9.17, 15) is 14.9 Å². The number of carbonyl (C=O) groups is 1. The van der Waals surface area contributed by atoms with Crippen LogP contribution in [-0.4, -0.2) is 22.4 Å². The predicted octanol–water partition coefficient (Wildman–Crippen LogP) is 2.41. The third-order valence-corrected chi connectivity index (χ3v) is 4.59. The Morgan fingerprint density at radius 3 is 2.91 bits per heavy atom. The Morgan fingerprint density at radius 1 is 1.43 bits per heavy atom. The first kappa shape index (κ1) is 15.4. The number of amides is 1. The van der Waals surface area contributed by atoms with E-state index in [0.29, 0.717) is 18.9 Å². The number of fused-ring (bicyclic) bond motifs is 1. The van der Waals surface area contributed by atoms with Gasteiger partial charge in [0, 0.05) is 23.6 Å². The Balaban J connectivity index is 2.01. The normalized spacial score (nSPS) is 13.5. The van der Waals surface area contributed by atoms with Crippen molar-refractivity contribution in [3.05, 3.63) is 61.7 Å². The lowest BCUT2D eigenvalue weighted by atomic mass is 9.99. The summed E-state index contributed by atoms with van der Waals surface area (Å²) in [5.41, 5.74) is 7.55. The number of primary amides is 1. The summed E-state index contributed by atoms with van der Waals surface area (Å²) in [6.07, 6.45) is 1.95. The van der Waals surface area contributed by atoms with Gasteiger partial charge in [0.2, 0.25) is 0 Å². The summed E-state index contributed by atoms with van der Waals surface area (Å²) in [6, 6.07) is 7.19. The van der Waals surface area contributed by atoms with E-state index < -0.39 is 10.8 Å². The highest BCUT2D eigenvalue weighted by Gasteiger charge is 2.24. The molecule has 1 aromatic carbocycles. The average molecular weight is 377 g/mol. The van der Waals surface area contributed by atoms with E-state index in [-0.39, 0.29) is 11.3 Å². The first-order chi connectivity index (χ1) is 11.0. The summed E-state index contributed by atoms with van der Waals surface area (Å²) in [6.45, 7) is 1.22. The number of benzene rings is 1. The van der Waals surface area contributed by atoms with Crippen molar-refractivity contribution < 1.29 is 9.72 Å². The lowest BCUT2D eigenvalue weighted by molar-refractivity contribution is -0.385. The topological polar surface area (TPSA) is 102 Å². The SMILES string of the molecule is NC(=O)c1cc([N+](=O)[O-])cnc1N1CCc2cccc(Br)c2C1. The Hall–Kier alpha value is -2.48. The van der Waals surface area contributed by atoms with Crippen molar-refractivity contribution in [2.75, 3.05) is 11.4 Å². The molecule has 2 heterocycles. The van der Waals surface area contributed by atoms with Crippen LogP contribution in [0.1, 0.15) is 21.5 Å². The van der Waals surface area contributed by atoms with Crippen LogP contribution >= 0.6 is 15.9 Å². The lowest BCUT2D eigenvalue weighted by Gasteiger charge is -2.31. The fourth-order valence-corrected chi connectivity index (χ4v) is 3.23. The van der Waals surface area contributed by atoms with Crippen LogP contribution in [0.4, 0.5) is 11.5 Å². The van der Waals surface area contributed by atoms with Gasteiger partial charge in [0.1, 0.15) is 12.0 Å². The van der Waals surface area contributed by atoms with Crippen molar-refractivity contribution in [1.29, 1.82) is 0 Å². The third-order valence-electron chi connectivity index (χ3n) is 3.84. The maximum absolute atomic E-state index is 11.7. The molecule has 8 heteroatoms. The molecule has 118 valence electrons. The second kappa shape index (κ2) is 5.96. The van der Waals surface area contributed by atoms with Crippen molar-refractivity contribution in [3.63, 3.8) is 0 Å². The Labute approximate surface area is 140 Å². The zero-order valence-corrected chi connectivity index (χ0v) is 13.6. The monoisotopic (exact) mass is 376 g/mol. The number of rotatable bonds is 3. The van der Waals surface area contributed by atoms with Gasteiger partial charge in [-0.15, -0.1) is 0 Å². The van der Waals surface area contributed by atoms with E-state index in [2.05, 4.69) is 27.0 Å². The van der Waals surface area contributed by atoms with Crippen molar-refractivity contribution in [2.24, 2.45) is 5.73 Å². The zero-order valence-electron chi connectivity index (χ0n) is 12.0. The molecule has 23 heavy (non-hydrogen) atoms. The van der Waals surface area contributed by atoms with Gasteiger partial charge in [-0.2, -0.15) is 0 Å². The minimum absolute atomic E-state index is 0.0645. The van der Waals surface area contributed by atoms with Crippen LogP contribution in [0.15, 0.2) is 34.9 Å². The van der Waals surface area contributed by atoms with E-state index in [4.69, 9.17) is 5.73 Å². The fourth-order valence-electron chi connectivity index (χ4n) is 2.70. The summed E-state index contributed by atoms with van der Waals surface area (Å²) in [4.78, 5) is 28.0. The minimum Gasteiger partial charge on any atom is -0.365 e. The molecule has 3 rings (SSSR count). The van der Waals surface area contributed by atoms with Crippen molar-refractivity contribution in [2.45, 2.75) is 13.0 Å². The van der Waals surface area contributed by atoms with Gasteiger partial charge in [-0.05, 0) is 23.6 Å². The first-order valence-electron chi connectivity index (χ1n) is 6.93. The quantitative estimate of drug-likeness (QED) is 0.654. The van der Waals surface area contributed by atoms with E-state index in [0.717, 1.165) is 22.7 Å². The molecule has 1 amide bonds. The maximum atomic E-state index is 11.7. The Bertz CT molecular complexity index is 809. The smallest absolute Gasteiger partial charge is 0.288 e. The molecule has 0 aliphatic carbocycles. The van der Waals surface area contributed by atoms with Crippen LogP contribution < -0.4 is 10.6 Å². The molecule has 1 aliphatic rings. The number of nitrogens with two attached hydrogens (primary N) is 1. The number of aromatic nitrogens is 1. The summed E-state index contributed by atoms with van der Waals surface area (Å²) in [5, 5.41) is 10.9. The van der Waals surface area contributed by atoms with Crippen molar-refractivity contribution in [1.82, 2.24) is 4.98 Å². The Morgan fingerprint density at radius 2 is 2.22 bits per heavy atom. The summed E-state index contributed by atoms with van der Waals surface area (Å²) >= 11 is 3.53. The predicted molar refractivity (Wildman–Crippen MR) is 88.3 cm³/mol. The van der Waals surface area contributed by atoms with E-state index >= 15 is 0 Å². The van der Waals surface area contributed by atoms with Gasteiger partial charge in [0.15, 0.2) is 0 Å². The van der Waals surface area contributed by atoms with E-state index in [1.165, 1.54) is 11.6 Å². The molecule has 0 radical (unpaired) electrons. The molecule has 0 spiro atoms. The van der Waals surface area contributed by atoms with Crippen LogP contribution in [0.25, 0.3) is 0 Å². The number of nitrogens with zero attached hydrogens (tertiary/aromatic N) is 3. The van der Waals surface area contributed by atoms with Crippen molar-refractivity contribution in [3.8, 4) is 0 Å². The second-order valence-corrected chi connectivity index (χ2v) is 6.09. The molecule has 0 saturated heterocycles. The molecular weight excluding hydrogens is 364 g/mol. The van der Waals surface area contributed by atoms with Crippen LogP contribution in [0.5, 0.6) is 0 Å². The number of halogens is 1. The zero-order chi connectivity index (χ0) is 16.6. The second-order valence-electron chi connectivity index (χ2n) is 5.24. The molecule has 0 unspecified atom stereocenters. The van der Waals surface area contributed by atoms with E-state index in [1.54, 1.807) is 0 Å². The van der Waals surface area contributed by atoms with Gasteiger partial charge in [-0.3, -0.25) is 14.9 Å². The first-order valence-corrected chi connectivity index (χ1v) is 7.72. The molecular formula is C15H13BrN4O3. The highest BCUT2D eigenvalue weighted by molar-refractivity contribution is 9.10. The molecule has 0 saturated carbocycles. The van der Waals surface area contributed by atoms with E-state index in [1.807, 2.05) is 17.0 Å². The van der Waals surface area contributed by atoms with Gasteiger partial charge in [0.05, 0.1) is 10.5 Å². The van der Waals surface area contributed by atoms with Crippen LogP contribution in [0.3, 0.4) is 0 Å². The average Bonchev–Trinajstić information content (AvgIpc) is 2.54.